The van der Waals surface area contributed by atoms with Gasteiger partial charge >= 0.3 is 5.97 Å². The van der Waals surface area contributed by atoms with Crippen LogP contribution in [0, 0.1) is 12.3 Å². The van der Waals surface area contributed by atoms with Crippen LogP contribution in [0.1, 0.15) is 6.42 Å². The molecule has 1 rings (SSSR count). The molecule has 0 fully saturated rings. The molecule has 0 aliphatic carbocycles. The van der Waals surface area contributed by atoms with Crippen LogP contribution in [0.15, 0.2) is 29.2 Å². The Morgan fingerprint density at radius 2 is 2.11 bits per heavy atom. The summed E-state index contributed by atoms with van der Waals surface area (Å²) >= 11 is 0. The lowest BCUT2D eigenvalue weighted by Gasteiger charge is -2.16. The maximum absolute atomic E-state index is 11.8. The summed E-state index contributed by atoms with van der Waals surface area (Å²) in [6, 6.07) is 4.97. The third-order valence-corrected chi connectivity index (χ3v) is 3.87. The smallest absolute Gasteiger partial charge is 0.327 e. The van der Waals surface area contributed by atoms with Crippen LogP contribution in [0.5, 0.6) is 0 Å². The molecule has 0 amide bonds. The Labute approximate surface area is 111 Å². The van der Waals surface area contributed by atoms with Crippen molar-refractivity contribution in [2.45, 2.75) is 17.4 Å². The number of hydrogen-bond donors (Lipinski definition) is 3. The molecule has 0 radical (unpaired) electrons. The van der Waals surface area contributed by atoms with E-state index in [4.69, 9.17) is 11.5 Å². The number of hydrogen-bond acceptors (Lipinski definition) is 4. The number of benzene rings is 1. The monoisotopic (exact) mass is 282 g/mol. The lowest BCUT2D eigenvalue weighted by atomic mass is 10.2. The molecule has 1 atom stereocenters. The highest BCUT2D eigenvalue weighted by Crippen LogP contribution is 2.21. The summed E-state index contributed by atoms with van der Waals surface area (Å²) in [6.45, 7) is 0. The quantitative estimate of drug-likeness (QED) is 0.660. The third-order valence-electron chi connectivity index (χ3n) is 2.40. The topological polar surface area (TPSA) is 95.5 Å². The summed E-state index contributed by atoms with van der Waals surface area (Å²) in [5.74, 6) is 1.09. The van der Waals surface area contributed by atoms with Gasteiger partial charge in [-0.05, 0) is 19.2 Å². The fourth-order valence-corrected chi connectivity index (χ4v) is 2.33. The lowest BCUT2D eigenvalue weighted by Crippen LogP contribution is -2.30. The number of rotatable bonds is 6. The van der Waals surface area contributed by atoms with Gasteiger partial charge < -0.3 is 10.4 Å². The van der Waals surface area contributed by atoms with Crippen LogP contribution in [0.25, 0.3) is 0 Å². The van der Waals surface area contributed by atoms with Gasteiger partial charge in [-0.3, -0.25) is 0 Å². The van der Waals surface area contributed by atoms with Crippen LogP contribution in [-0.2, 0) is 14.8 Å². The van der Waals surface area contributed by atoms with Crippen molar-refractivity contribution < 1.29 is 18.3 Å². The van der Waals surface area contributed by atoms with Crippen molar-refractivity contribution in [3.8, 4) is 12.3 Å². The van der Waals surface area contributed by atoms with E-state index >= 15 is 0 Å². The normalized spacial score (nSPS) is 12.4. The zero-order valence-corrected chi connectivity index (χ0v) is 11.1. The Morgan fingerprint density at radius 1 is 1.47 bits per heavy atom. The summed E-state index contributed by atoms with van der Waals surface area (Å²) in [7, 11) is -2.39. The van der Waals surface area contributed by atoms with Gasteiger partial charge in [-0.15, -0.1) is 12.3 Å². The fourth-order valence-electron chi connectivity index (χ4n) is 1.44. The average Bonchev–Trinajstić information content (AvgIpc) is 2.38. The molecule has 0 aliphatic heterocycles. The molecule has 0 saturated heterocycles. The van der Waals surface area contributed by atoms with Crippen LogP contribution >= 0.6 is 0 Å². The number of sulfonamides is 1. The molecular formula is C12H14N2O4S. The standard InChI is InChI=1S/C12H14N2O4S/c1-3-6-10(12(15)16)14-9-7-4-5-8-11(9)19(17,18)13-2/h1,4-5,7-8,10,13-14H,6H2,2H3,(H,15,16). The van der Waals surface area contributed by atoms with Gasteiger partial charge in [-0.25, -0.2) is 17.9 Å². The predicted octanol–water partition coefficient (Wildman–Crippen LogP) is 0.483. The van der Waals surface area contributed by atoms with Crippen LogP contribution in [0.4, 0.5) is 5.69 Å². The van der Waals surface area contributed by atoms with E-state index in [1.54, 1.807) is 12.1 Å². The fraction of sp³-hybridized carbons (Fsp3) is 0.250. The van der Waals surface area contributed by atoms with Crippen molar-refractivity contribution >= 4 is 21.7 Å². The van der Waals surface area contributed by atoms with E-state index < -0.39 is 22.0 Å². The molecule has 1 unspecified atom stereocenters. The van der Waals surface area contributed by atoms with Gasteiger partial charge in [-0.2, -0.15) is 0 Å². The molecule has 0 saturated carbocycles. The highest BCUT2D eigenvalue weighted by molar-refractivity contribution is 7.89. The molecule has 0 aromatic heterocycles. The van der Waals surface area contributed by atoms with Crippen molar-refractivity contribution in [2.75, 3.05) is 12.4 Å². The van der Waals surface area contributed by atoms with Gasteiger partial charge in [0.25, 0.3) is 0 Å². The zero-order chi connectivity index (χ0) is 14.5. The predicted molar refractivity (Wildman–Crippen MR) is 71.2 cm³/mol. The van der Waals surface area contributed by atoms with E-state index in [0.717, 1.165) is 0 Å². The van der Waals surface area contributed by atoms with Gasteiger partial charge in [-0.1, -0.05) is 12.1 Å². The maximum Gasteiger partial charge on any atom is 0.327 e. The number of carboxylic acids is 1. The molecule has 6 nitrogen and oxygen atoms in total. The summed E-state index contributed by atoms with van der Waals surface area (Å²) in [4.78, 5) is 11.0. The van der Waals surface area contributed by atoms with E-state index in [0.29, 0.717) is 0 Å². The first-order chi connectivity index (χ1) is 8.92. The molecule has 3 N–H and O–H groups in total. The van der Waals surface area contributed by atoms with E-state index in [1.165, 1.54) is 19.2 Å². The molecule has 1 aromatic carbocycles. The molecule has 102 valence electrons. The highest BCUT2D eigenvalue weighted by atomic mass is 32.2. The summed E-state index contributed by atoms with van der Waals surface area (Å²) in [6.07, 6.45) is 5.03. The first-order valence-electron chi connectivity index (χ1n) is 5.37. The van der Waals surface area contributed by atoms with Gasteiger partial charge in [0.05, 0.1) is 5.69 Å². The van der Waals surface area contributed by atoms with Gasteiger partial charge in [0.2, 0.25) is 10.0 Å². The Hall–Kier alpha value is -2.04. The number of nitrogens with one attached hydrogen (secondary N) is 2. The number of terminal acetylenes is 1. The Morgan fingerprint density at radius 3 is 2.63 bits per heavy atom. The minimum Gasteiger partial charge on any atom is -0.480 e. The van der Waals surface area contributed by atoms with Crippen molar-refractivity contribution in [1.29, 1.82) is 0 Å². The van der Waals surface area contributed by atoms with Crippen molar-refractivity contribution in [1.82, 2.24) is 4.72 Å². The SMILES string of the molecule is C#CCC(Nc1ccccc1S(=O)(=O)NC)C(=O)O. The van der Waals surface area contributed by atoms with Gasteiger partial charge in [0.1, 0.15) is 10.9 Å². The summed E-state index contributed by atoms with van der Waals surface area (Å²) in [5.41, 5.74) is 0.194. The summed E-state index contributed by atoms with van der Waals surface area (Å²) in [5, 5.41) is 11.6. The Bertz CT molecular complexity index is 604. The van der Waals surface area contributed by atoms with Crippen molar-refractivity contribution in [2.24, 2.45) is 0 Å². The number of aliphatic carboxylic acids is 1. The second kappa shape index (κ2) is 6.22. The number of para-hydroxylation sites is 1. The first kappa shape index (κ1) is 15.0. The average molecular weight is 282 g/mol. The number of carboxylic acid groups (broad SMARTS) is 1. The molecule has 0 spiro atoms. The second-order valence-electron chi connectivity index (χ2n) is 3.65. The number of anilines is 1. The second-order valence-corrected chi connectivity index (χ2v) is 5.50. The molecule has 7 heteroatoms. The number of carbonyl (C=O) groups is 1. The van der Waals surface area contributed by atoms with Crippen molar-refractivity contribution in [3.05, 3.63) is 24.3 Å². The van der Waals surface area contributed by atoms with Gasteiger partial charge in [0.15, 0.2) is 0 Å². The molecule has 1 aromatic rings. The minimum absolute atomic E-state index is 0.0271. The maximum atomic E-state index is 11.8. The molecule has 0 heterocycles. The zero-order valence-electron chi connectivity index (χ0n) is 10.3. The molecular weight excluding hydrogens is 268 g/mol. The van der Waals surface area contributed by atoms with Crippen LogP contribution < -0.4 is 10.0 Å². The van der Waals surface area contributed by atoms with Crippen LogP contribution in [0.3, 0.4) is 0 Å². The molecule has 0 bridgehead atoms. The van der Waals surface area contributed by atoms with E-state index in [-0.39, 0.29) is 17.0 Å². The first-order valence-corrected chi connectivity index (χ1v) is 6.86. The van der Waals surface area contributed by atoms with Crippen LogP contribution in [-0.4, -0.2) is 32.6 Å². The Balaban J connectivity index is 3.15. The third kappa shape index (κ3) is 3.71. The van der Waals surface area contributed by atoms with E-state index in [1.807, 2.05) is 0 Å². The van der Waals surface area contributed by atoms with Crippen LogP contribution in [0.2, 0.25) is 0 Å². The van der Waals surface area contributed by atoms with E-state index in [2.05, 4.69) is 16.0 Å². The van der Waals surface area contributed by atoms with E-state index in [9.17, 15) is 13.2 Å². The molecule has 19 heavy (non-hydrogen) atoms. The molecule has 0 aliphatic rings. The van der Waals surface area contributed by atoms with Gasteiger partial charge in [0, 0.05) is 6.42 Å². The van der Waals surface area contributed by atoms with Crippen molar-refractivity contribution in [3.63, 3.8) is 0 Å². The summed E-state index contributed by atoms with van der Waals surface area (Å²) < 4.78 is 25.8. The largest absolute Gasteiger partial charge is 0.480 e. The Kier molecular flexibility index (Phi) is 4.92. The minimum atomic E-state index is -3.67. The highest BCUT2D eigenvalue weighted by Gasteiger charge is 2.21. The lowest BCUT2D eigenvalue weighted by molar-refractivity contribution is -0.137.